The normalized spacial score (nSPS) is 16.1. The van der Waals surface area contributed by atoms with Gasteiger partial charge in [0.25, 0.3) is 5.91 Å². The zero-order chi connectivity index (χ0) is 20.2. The Balaban J connectivity index is 1.44. The third kappa shape index (κ3) is 4.50. The van der Waals surface area contributed by atoms with Gasteiger partial charge in [0.1, 0.15) is 0 Å². The van der Waals surface area contributed by atoms with E-state index in [4.69, 9.17) is 0 Å². The van der Waals surface area contributed by atoms with E-state index < -0.39 is 0 Å². The van der Waals surface area contributed by atoms with E-state index in [0.717, 1.165) is 41.1 Å². The van der Waals surface area contributed by atoms with Crippen molar-refractivity contribution in [1.29, 1.82) is 0 Å². The second-order valence-corrected chi connectivity index (χ2v) is 9.15. The standard InChI is InChI=1S/C24H29N3OS/c1-3-27(20-9-5-4-6-10-20)23(28)19-15-13-18(14-16-19)17(2)29-24-25-21-11-7-8-12-22(21)26-24/h7-8,11-17,20H,3-6,9-10H2,1-2H3,(H,25,26). The lowest BCUT2D eigenvalue weighted by atomic mass is 9.93. The average Bonchev–Trinajstić information content (AvgIpc) is 3.17. The average molecular weight is 408 g/mol. The molecule has 4 rings (SSSR count). The van der Waals surface area contributed by atoms with Gasteiger partial charge in [0.15, 0.2) is 5.16 Å². The summed E-state index contributed by atoms with van der Waals surface area (Å²) in [5, 5.41) is 1.17. The fourth-order valence-corrected chi connectivity index (χ4v) is 5.19. The number of thioether (sulfide) groups is 1. The van der Waals surface area contributed by atoms with Crippen molar-refractivity contribution in [2.75, 3.05) is 6.54 Å². The molecule has 1 atom stereocenters. The maximum Gasteiger partial charge on any atom is 0.254 e. The molecule has 1 aliphatic rings. The first-order chi connectivity index (χ1) is 14.2. The molecule has 1 heterocycles. The number of hydrogen-bond acceptors (Lipinski definition) is 3. The summed E-state index contributed by atoms with van der Waals surface area (Å²) >= 11 is 1.71. The molecule has 1 unspecified atom stereocenters. The Hall–Kier alpha value is -2.27. The smallest absolute Gasteiger partial charge is 0.254 e. The SMILES string of the molecule is CCN(C(=O)c1ccc(C(C)Sc2nc3ccccc3[nH]2)cc1)C1CCCCC1. The van der Waals surface area contributed by atoms with Crippen molar-refractivity contribution in [1.82, 2.24) is 14.9 Å². The molecule has 152 valence electrons. The molecule has 1 fully saturated rings. The van der Waals surface area contributed by atoms with Crippen LogP contribution in [-0.4, -0.2) is 33.4 Å². The van der Waals surface area contributed by atoms with E-state index in [1.807, 2.05) is 36.4 Å². The van der Waals surface area contributed by atoms with Crippen LogP contribution in [0.3, 0.4) is 0 Å². The zero-order valence-electron chi connectivity index (χ0n) is 17.2. The van der Waals surface area contributed by atoms with Crippen molar-refractivity contribution in [2.24, 2.45) is 0 Å². The number of benzene rings is 2. The third-order valence-electron chi connectivity index (χ3n) is 5.90. The minimum Gasteiger partial charge on any atom is -0.336 e. The second-order valence-electron chi connectivity index (χ2n) is 7.82. The van der Waals surface area contributed by atoms with Crippen molar-refractivity contribution in [2.45, 2.75) is 62.4 Å². The fraction of sp³-hybridized carbons (Fsp3) is 0.417. The maximum atomic E-state index is 13.1. The summed E-state index contributed by atoms with van der Waals surface area (Å²) in [4.78, 5) is 23.2. The van der Waals surface area contributed by atoms with Crippen LogP contribution in [0.5, 0.6) is 0 Å². The summed E-state index contributed by atoms with van der Waals surface area (Å²) in [5.74, 6) is 0.170. The van der Waals surface area contributed by atoms with Gasteiger partial charge >= 0.3 is 0 Å². The summed E-state index contributed by atoms with van der Waals surface area (Å²) in [5.41, 5.74) is 4.05. The van der Waals surface area contributed by atoms with Crippen LogP contribution < -0.4 is 0 Å². The Morgan fingerprint density at radius 1 is 1.14 bits per heavy atom. The molecule has 0 spiro atoms. The number of aromatic amines is 1. The monoisotopic (exact) mass is 407 g/mol. The Labute approximate surface area is 177 Å². The number of para-hydroxylation sites is 2. The van der Waals surface area contributed by atoms with E-state index in [2.05, 4.69) is 40.8 Å². The van der Waals surface area contributed by atoms with Gasteiger partial charge in [-0.3, -0.25) is 4.79 Å². The van der Waals surface area contributed by atoms with Crippen LogP contribution in [0.2, 0.25) is 0 Å². The number of rotatable bonds is 6. The molecule has 4 nitrogen and oxygen atoms in total. The van der Waals surface area contributed by atoms with Crippen molar-refractivity contribution in [3.63, 3.8) is 0 Å². The number of nitrogens with one attached hydrogen (secondary N) is 1. The highest BCUT2D eigenvalue weighted by molar-refractivity contribution is 7.99. The number of hydrogen-bond donors (Lipinski definition) is 1. The van der Waals surface area contributed by atoms with Gasteiger partial charge in [0.05, 0.1) is 11.0 Å². The van der Waals surface area contributed by atoms with E-state index in [0.29, 0.717) is 6.04 Å². The van der Waals surface area contributed by atoms with E-state index in [1.54, 1.807) is 11.8 Å². The highest BCUT2D eigenvalue weighted by Gasteiger charge is 2.25. The summed E-state index contributed by atoms with van der Waals surface area (Å²) in [6.45, 7) is 5.05. The molecule has 1 aliphatic carbocycles. The molecule has 29 heavy (non-hydrogen) atoms. The van der Waals surface area contributed by atoms with Gasteiger partial charge in [-0.25, -0.2) is 4.98 Å². The van der Waals surface area contributed by atoms with Crippen LogP contribution in [0.4, 0.5) is 0 Å². The molecule has 1 aromatic heterocycles. The van der Waals surface area contributed by atoms with Gasteiger partial charge < -0.3 is 9.88 Å². The van der Waals surface area contributed by atoms with Crippen LogP contribution in [0.15, 0.2) is 53.7 Å². The molecule has 1 saturated carbocycles. The molecule has 1 N–H and O–H groups in total. The van der Waals surface area contributed by atoms with Gasteiger partial charge in [-0.15, -0.1) is 0 Å². The lowest BCUT2D eigenvalue weighted by Crippen LogP contribution is -2.41. The summed E-state index contributed by atoms with van der Waals surface area (Å²) in [6, 6.07) is 16.6. The number of fused-ring (bicyclic) bond motifs is 1. The first kappa shape index (κ1) is 20.0. The lowest BCUT2D eigenvalue weighted by molar-refractivity contribution is 0.0648. The van der Waals surface area contributed by atoms with Gasteiger partial charge in [0.2, 0.25) is 0 Å². The summed E-state index contributed by atoms with van der Waals surface area (Å²) in [7, 11) is 0. The van der Waals surface area contributed by atoms with Crippen molar-refractivity contribution in [3.05, 3.63) is 59.7 Å². The van der Waals surface area contributed by atoms with E-state index >= 15 is 0 Å². The first-order valence-electron chi connectivity index (χ1n) is 10.7. The molecular weight excluding hydrogens is 378 g/mol. The highest BCUT2D eigenvalue weighted by atomic mass is 32.2. The van der Waals surface area contributed by atoms with Crippen molar-refractivity contribution >= 4 is 28.7 Å². The topological polar surface area (TPSA) is 49.0 Å². The number of imidazole rings is 1. The Kier molecular flexibility index (Phi) is 6.24. The molecule has 0 saturated heterocycles. The largest absolute Gasteiger partial charge is 0.336 e. The Morgan fingerprint density at radius 2 is 1.86 bits per heavy atom. The molecule has 0 radical (unpaired) electrons. The number of H-pyrrole nitrogens is 1. The predicted molar refractivity (Wildman–Crippen MR) is 120 cm³/mol. The van der Waals surface area contributed by atoms with Crippen LogP contribution in [0.1, 0.15) is 67.1 Å². The zero-order valence-corrected chi connectivity index (χ0v) is 18.0. The summed E-state index contributed by atoms with van der Waals surface area (Å²) in [6.07, 6.45) is 6.07. The highest BCUT2D eigenvalue weighted by Crippen LogP contribution is 2.34. The molecule has 5 heteroatoms. The molecule has 0 aliphatic heterocycles. The fourth-order valence-electron chi connectivity index (χ4n) is 4.24. The number of nitrogens with zero attached hydrogens (tertiary/aromatic N) is 2. The first-order valence-corrected chi connectivity index (χ1v) is 11.6. The quantitative estimate of drug-likeness (QED) is 0.494. The molecular formula is C24H29N3OS. The number of amides is 1. The minimum atomic E-state index is 0.170. The number of carbonyl (C=O) groups excluding carboxylic acids is 1. The molecule has 0 bridgehead atoms. The van der Waals surface area contributed by atoms with Crippen LogP contribution in [0.25, 0.3) is 11.0 Å². The lowest BCUT2D eigenvalue weighted by Gasteiger charge is -2.33. The number of carbonyl (C=O) groups is 1. The van der Waals surface area contributed by atoms with Crippen LogP contribution in [0, 0.1) is 0 Å². The third-order valence-corrected chi connectivity index (χ3v) is 6.94. The Morgan fingerprint density at radius 3 is 2.55 bits per heavy atom. The summed E-state index contributed by atoms with van der Waals surface area (Å²) < 4.78 is 0. The van der Waals surface area contributed by atoms with E-state index in [9.17, 15) is 4.79 Å². The second kappa shape index (κ2) is 9.04. The van der Waals surface area contributed by atoms with Gasteiger partial charge in [-0.2, -0.15) is 0 Å². The van der Waals surface area contributed by atoms with Crippen molar-refractivity contribution in [3.8, 4) is 0 Å². The molecule has 1 amide bonds. The molecule has 2 aromatic carbocycles. The predicted octanol–water partition coefficient (Wildman–Crippen LogP) is 6.21. The maximum absolute atomic E-state index is 13.1. The number of aromatic nitrogens is 2. The van der Waals surface area contributed by atoms with Crippen LogP contribution >= 0.6 is 11.8 Å². The molecule has 3 aromatic rings. The van der Waals surface area contributed by atoms with Crippen LogP contribution in [-0.2, 0) is 0 Å². The van der Waals surface area contributed by atoms with Gasteiger partial charge in [-0.1, -0.05) is 55.3 Å². The minimum absolute atomic E-state index is 0.170. The van der Waals surface area contributed by atoms with Gasteiger partial charge in [0, 0.05) is 23.4 Å². The van der Waals surface area contributed by atoms with Gasteiger partial charge in [-0.05, 0) is 56.5 Å². The van der Waals surface area contributed by atoms with E-state index in [-0.39, 0.29) is 11.2 Å². The van der Waals surface area contributed by atoms with Crippen molar-refractivity contribution < 1.29 is 4.79 Å². The van der Waals surface area contributed by atoms with E-state index in [1.165, 1.54) is 24.8 Å². The Bertz CT molecular complexity index is 927.